The van der Waals surface area contributed by atoms with Crippen molar-refractivity contribution >= 4 is 35.0 Å². The summed E-state index contributed by atoms with van der Waals surface area (Å²) < 4.78 is 6.90. The number of unbranched alkanes of at least 4 members (excludes halogenated alkanes) is 1. The molecule has 9 heteroatoms. The lowest BCUT2D eigenvalue weighted by molar-refractivity contribution is -0.149. The summed E-state index contributed by atoms with van der Waals surface area (Å²) in [6, 6.07) is 4.53. The van der Waals surface area contributed by atoms with E-state index in [1.807, 2.05) is 50.3 Å². The summed E-state index contributed by atoms with van der Waals surface area (Å²) in [5, 5.41) is 9.83. The molecule has 1 unspecified atom stereocenters. The fourth-order valence-electron chi connectivity index (χ4n) is 6.68. The Morgan fingerprint density at radius 3 is 2.51 bits per heavy atom. The molecule has 1 N–H and O–H groups in total. The summed E-state index contributed by atoms with van der Waals surface area (Å²) in [4.78, 5) is 47.2. The number of carbonyl (C=O) groups is 3. The number of para-hydroxylation sites is 1. The molecule has 0 radical (unpaired) electrons. The molecule has 1 spiro atoms. The number of hydrogen-bond donors (Lipinski definition) is 1. The van der Waals surface area contributed by atoms with Gasteiger partial charge in [0.1, 0.15) is 11.6 Å². The van der Waals surface area contributed by atoms with Gasteiger partial charge in [0.2, 0.25) is 11.8 Å². The number of aryl methyl sites for hydroxylation is 1. The van der Waals surface area contributed by atoms with E-state index in [9.17, 15) is 19.5 Å². The zero-order chi connectivity index (χ0) is 26.5. The molecule has 4 heterocycles. The zero-order valence-corrected chi connectivity index (χ0v) is 22.3. The Bertz CT molecular complexity index is 1160. The SMILES string of the molecule is CC[C@@]12C=CCN(C)C(=O)[C@@H]1[C@H]1C(=O)N(CCCCO)C3C(=O)N(c4c(C)cccc4Cl)CC=C[C@@]31O2. The lowest BCUT2D eigenvalue weighted by atomic mass is 9.73. The van der Waals surface area contributed by atoms with Gasteiger partial charge in [0.15, 0.2) is 0 Å². The smallest absolute Gasteiger partial charge is 0.253 e. The molecule has 5 rings (SSSR count). The van der Waals surface area contributed by atoms with E-state index >= 15 is 0 Å². The molecule has 2 saturated heterocycles. The van der Waals surface area contributed by atoms with E-state index in [0.717, 1.165) is 5.56 Å². The fourth-order valence-corrected chi connectivity index (χ4v) is 7.01. The fraction of sp³-hybridized carbons (Fsp3) is 0.536. The summed E-state index contributed by atoms with van der Waals surface area (Å²) in [5.74, 6) is -2.27. The Balaban J connectivity index is 1.67. The van der Waals surface area contributed by atoms with Crippen molar-refractivity contribution in [3.05, 3.63) is 53.1 Å². The Labute approximate surface area is 222 Å². The molecule has 0 aliphatic carbocycles. The van der Waals surface area contributed by atoms with Crippen LogP contribution in [0.5, 0.6) is 0 Å². The minimum absolute atomic E-state index is 0.00773. The second kappa shape index (κ2) is 9.57. The van der Waals surface area contributed by atoms with Crippen LogP contribution in [0.4, 0.5) is 5.69 Å². The molecule has 198 valence electrons. The van der Waals surface area contributed by atoms with Gasteiger partial charge >= 0.3 is 0 Å². The van der Waals surface area contributed by atoms with Crippen LogP contribution in [0.3, 0.4) is 0 Å². The molecule has 37 heavy (non-hydrogen) atoms. The van der Waals surface area contributed by atoms with E-state index < -0.39 is 29.1 Å². The number of aliphatic hydroxyl groups is 1. The number of carbonyl (C=O) groups excluding carboxylic acids is 3. The topological polar surface area (TPSA) is 90.4 Å². The number of hydrogen-bond acceptors (Lipinski definition) is 5. The van der Waals surface area contributed by atoms with Crippen molar-refractivity contribution < 1.29 is 24.2 Å². The molecular formula is C28H34ClN3O5. The third kappa shape index (κ3) is 3.75. The maximum atomic E-state index is 14.5. The number of fused-ring (bicyclic) bond motifs is 2. The normalized spacial score (nSPS) is 32.9. The van der Waals surface area contributed by atoms with Crippen molar-refractivity contribution in [3.63, 3.8) is 0 Å². The number of benzene rings is 1. The van der Waals surface area contributed by atoms with Gasteiger partial charge in [-0.05, 0) is 37.8 Å². The zero-order valence-electron chi connectivity index (χ0n) is 21.5. The first kappa shape index (κ1) is 25.9. The summed E-state index contributed by atoms with van der Waals surface area (Å²) >= 11 is 6.58. The first-order valence-corrected chi connectivity index (χ1v) is 13.4. The maximum Gasteiger partial charge on any atom is 0.253 e. The van der Waals surface area contributed by atoms with Gasteiger partial charge in [-0.15, -0.1) is 0 Å². The number of rotatable bonds is 6. The van der Waals surface area contributed by atoms with E-state index in [-0.39, 0.29) is 37.4 Å². The van der Waals surface area contributed by atoms with Crippen molar-refractivity contribution in [2.24, 2.45) is 11.8 Å². The third-order valence-corrected chi connectivity index (χ3v) is 8.71. The van der Waals surface area contributed by atoms with Gasteiger partial charge in [0, 0.05) is 33.3 Å². The maximum absolute atomic E-state index is 14.5. The molecular weight excluding hydrogens is 494 g/mol. The highest BCUT2D eigenvalue weighted by Crippen LogP contribution is 2.58. The van der Waals surface area contributed by atoms with E-state index in [2.05, 4.69) is 0 Å². The third-order valence-electron chi connectivity index (χ3n) is 8.41. The Morgan fingerprint density at radius 2 is 1.81 bits per heavy atom. The van der Waals surface area contributed by atoms with Gasteiger partial charge in [0.05, 0.1) is 28.1 Å². The second-order valence-electron chi connectivity index (χ2n) is 10.5. The monoisotopic (exact) mass is 527 g/mol. The number of likely N-dealkylation sites (tertiary alicyclic amines) is 1. The van der Waals surface area contributed by atoms with Crippen LogP contribution in [-0.4, -0.2) is 83.2 Å². The van der Waals surface area contributed by atoms with Crippen LogP contribution in [0.15, 0.2) is 42.5 Å². The number of amides is 3. The lowest BCUT2D eigenvalue weighted by Gasteiger charge is -2.38. The lowest BCUT2D eigenvalue weighted by Crippen LogP contribution is -2.56. The number of likely N-dealkylation sites (N-methyl/N-ethyl adjacent to an activating group) is 1. The summed E-state index contributed by atoms with van der Waals surface area (Å²) in [5.41, 5.74) is -0.830. The van der Waals surface area contributed by atoms with Crippen LogP contribution < -0.4 is 4.90 Å². The molecule has 8 nitrogen and oxygen atoms in total. The van der Waals surface area contributed by atoms with Crippen LogP contribution in [-0.2, 0) is 19.1 Å². The van der Waals surface area contributed by atoms with Crippen LogP contribution in [0.25, 0.3) is 0 Å². The summed E-state index contributed by atoms with van der Waals surface area (Å²) in [7, 11) is 1.73. The predicted molar refractivity (Wildman–Crippen MR) is 140 cm³/mol. The average molecular weight is 528 g/mol. The van der Waals surface area contributed by atoms with E-state index in [1.165, 1.54) is 0 Å². The van der Waals surface area contributed by atoms with Crippen LogP contribution in [0, 0.1) is 18.8 Å². The van der Waals surface area contributed by atoms with Gasteiger partial charge in [-0.2, -0.15) is 0 Å². The van der Waals surface area contributed by atoms with Crippen LogP contribution in [0.1, 0.15) is 31.7 Å². The molecule has 4 aliphatic rings. The Morgan fingerprint density at radius 1 is 1.05 bits per heavy atom. The molecule has 0 saturated carbocycles. The highest BCUT2D eigenvalue weighted by Gasteiger charge is 2.75. The molecule has 3 amide bonds. The number of ether oxygens (including phenoxy) is 1. The Hall–Kier alpha value is -2.68. The Kier molecular flexibility index (Phi) is 6.71. The summed E-state index contributed by atoms with van der Waals surface area (Å²) in [6.07, 6.45) is 9.07. The molecule has 1 aromatic carbocycles. The van der Waals surface area contributed by atoms with Gasteiger partial charge in [-0.25, -0.2) is 0 Å². The number of halogens is 1. The molecule has 1 aromatic rings. The minimum Gasteiger partial charge on any atom is -0.396 e. The summed E-state index contributed by atoms with van der Waals surface area (Å²) in [6.45, 7) is 4.83. The molecule has 0 aromatic heterocycles. The number of anilines is 1. The van der Waals surface area contributed by atoms with Gasteiger partial charge in [-0.1, -0.05) is 55.0 Å². The van der Waals surface area contributed by atoms with Gasteiger partial charge in [-0.3, -0.25) is 14.4 Å². The quantitative estimate of drug-likeness (QED) is 0.454. The van der Waals surface area contributed by atoms with E-state index in [0.29, 0.717) is 36.5 Å². The first-order valence-electron chi connectivity index (χ1n) is 13.0. The highest BCUT2D eigenvalue weighted by atomic mass is 35.5. The van der Waals surface area contributed by atoms with Crippen molar-refractivity contribution in [3.8, 4) is 0 Å². The van der Waals surface area contributed by atoms with E-state index in [1.54, 1.807) is 27.8 Å². The van der Waals surface area contributed by atoms with Crippen LogP contribution in [0.2, 0.25) is 5.02 Å². The molecule has 0 bridgehead atoms. The molecule has 4 aliphatic heterocycles. The first-order chi connectivity index (χ1) is 17.7. The predicted octanol–water partition coefficient (Wildman–Crippen LogP) is 2.71. The van der Waals surface area contributed by atoms with Gasteiger partial charge in [0.25, 0.3) is 5.91 Å². The van der Waals surface area contributed by atoms with E-state index in [4.69, 9.17) is 16.3 Å². The van der Waals surface area contributed by atoms with Crippen molar-refractivity contribution in [2.45, 2.75) is 50.4 Å². The van der Waals surface area contributed by atoms with Crippen molar-refractivity contribution in [2.75, 3.05) is 38.2 Å². The molecule has 2 fully saturated rings. The van der Waals surface area contributed by atoms with Crippen molar-refractivity contribution in [1.82, 2.24) is 9.80 Å². The standard InChI is InChI=1S/C28H34ClN3O5/c1-4-27-12-8-14-30(3)24(34)20(27)21-25(35)32(15-5-6-17-33)23-26(36)31(16-9-13-28(21,23)37-27)22-18(2)10-7-11-19(22)29/h7-13,20-21,23,33H,4-6,14-17H2,1-3H3/t20-,21-,23?,27+,28-/m0/s1. The second-order valence-corrected chi connectivity index (χ2v) is 10.9. The minimum atomic E-state index is -1.30. The highest BCUT2D eigenvalue weighted by molar-refractivity contribution is 6.34. The number of aliphatic hydroxyl groups excluding tert-OH is 1. The van der Waals surface area contributed by atoms with Crippen LogP contribution >= 0.6 is 11.6 Å². The average Bonchev–Trinajstić information content (AvgIpc) is 3.16. The molecule has 5 atom stereocenters. The van der Waals surface area contributed by atoms with Crippen molar-refractivity contribution in [1.29, 1.82) is 0 Å². The van der Waals surface area contributed by atoms with Gasteiger partial charge < -0.3 is 24.5 Å². The number of nitrogens with zero attached hydrogens (tertiary/aromatic N) is 3. The largest absolute Gasteiger partial charge is 0.396 e.